The second-order valence-electron chi connectivity index (χ2n) is 4.27. The molecule has 3 rings (SSSR count). The summed E-state index contributed by atoms with van der Waals surface area (Å²) >= 11 is 0. The van der Waals surface area contributed by atoms with Crippen LogP contribution >= 0.6 is 0 Å². The normalized spacial score (nSPS) is 25.9. The minimum atomic E-state index is -0.185. The van der Waals surface area contributed by atoms with Crippen LogP contribution in [-0.4, -0.2) is 31.1 Å². The topological polar surface area (TPSA) is 12.5 Å². The van der Waals surface area contributed by atoms with Crippen LogP contribution in [0.15, 0.2) is 24.3 Å². The minimum absolute atomic E-state index is 0.0538. The fourth-order valence-corrected chi connectivity index (χ4v) is 2.56. The van der Waals surface area contributed by atoms with Crippen LogP contribution in [0.5, 0.6) is 0 Å². The Morgan fingerprint density at radius 3 is 2.93 bits per heavy atom. The zero-order chi connectivity index (χ0) is 10.3. The van der Waals surface area contributed by atoms with Crippen molar-refractivity contribution < 1.29 is 9.04 Å². The van der Waals surface area contributed by atoms with Gasteiger partial charge in [-0.1, -0.05) is 12.1 Å². The molecule has 2 heterocycles. The first-order valence-electron chi connectivity index (χ1n) is 5.47. The number of hydrogen-bond acceptors (Lipinski definition) is 2. The van der Waals surface area contributed by atoms with Crippen LogP contribution in [0.1, 0.15) is 12.8 Å². The maximum absolute atomic E-state index is 12.8. The molecule has 0 unspecified atom stereocenters. The molecule has 0 radical (unpaired) electrons. The molecule has 1 aromatic rings. The van der Waals surface area contributed by atoms with E-state index in [-0.39, 0.29) is 12.9 Å². The van der Waals surface area contributed by atoms with Gasteiger partial charge in [-0.2, -0.15) is 0 Å². The lowest BCUT2D eigenvalue weighted by atomic mass is 9.72. The van der Waals surface area contributed by atoms with E-state index in [0.29, 0.717) is 6.04 Å². The Morgan fingerprint density at radius 1 is 1.33 bits per heavy atom. The van der Waals surface area contributed by atoms with Gasteiger partial charge in [-0.05, 0) is 37.0 Å². The van der Waals surface area contributed by atoms with Gasteiger partial charge < -0.3 is 9.47 Å². The molecule has 0 spiro atoms. The van der Waals surface area contributed by atoms with E-state index in [2.05, 4.69) is 4.81 Å². The Labute approximate surface area is 89.2 Å². The van der Waals surface area contributed by atoms with Crippen molar-refractivity contribution in [3.05, 3.63) is 30.1 Å². The molecule has 4 heteroatoms. The maximum Gasteiger partial charge on any atom is 0.418 e. The highest BCUT2D eigenvalue weighted by Crippen LogP contribution is 2.24. The van der Waals surface area contributed by atoms with Gasteiger partial charge in [0.25, 0.3) is 0 Å². The average molecular weight is 205 g/mol. The van der Waals surface area contributed by atoms with E-state index in [1.54, 1.807) is 0 Å². The van der Waals surface area contributed by atoms with E-state index >= 15 is 0 Å². The van der Waals surface area contributed by atoms with Crippen molar-refractivity contribution >= 4 is 12.5 Å². The van der Waals surface area contributed by atoms with E-state index < -0.39 is 0 Å². The molecule has 2 fully saturated rings. The Hall–Kier alpha value is -0.865. The molecule has 0 bridgehead atoms. The van der Waals surface area contributed by atoms with E-state index in [1.807, 2.05) is 12.1 Å². The molecule has 0 N–H and O–H groups in total. The van der Waals surface area contributed by atoms with Gasteiger partial charge >= 0.3 is 7.05 Å². The highest BCUT2D eigenvalue weighted by Gasteiger charge is 2.41. The van der Waals surface area contributed by atoms with Crippen LogP contribution in [0.25, 0.3) is 0 Å². The van der Waals surface area contributed by atoms with Gasteiger partial charge in [0.05, 0.1) is 0 Å². The van der Waals surface area contributed by atoms with E-state index in [1.165, 1.54) is 25.0 Å². The average Bonchev–Trinajstić information content (AvgIpc) is 2.80. The van der Waals surface area contributed by atoms with Crippen molar-refractivity contribution in [2.24, 2.45) is 0 Å². The molecular weight excluding hydrogens is 192 g/mol. The van der Waals surface area contributed by atoms with Gasteiger partial charge in [-0.3, -0.25) is 0 Å². The molecule has 1 aromatic carbocycles. The third-order valence-electron chi connectivity index (χ3n) is 3.33. The van der Waals surface area contributed by atoms with Crippen molar-refractivity contribution in [3.63, 3.8) is 0 Å². The van der Waals surface area contributed by atoms with Crippen LogP contribution in [0, 0.1) is 5.82 Å². The Bertz CT molecular complexity index is 356. The predicted octanol–water partition coefficient (Wildman–Crippen LogP) is 1.02. The highest BCUT2D eigenvalue weighted by atomic mass is 19.1. The van der Waals surface area contributed by atoms with Gasteiger partial charge in [-0.15, -0.1) is 0 Å². The van der Waals surface area contributed by atoms with E-state index in [0.717, 1.165) is 18.6 Å². The Morgan fingerprint density at radius 2 is 2.13 bits per heavy atom. The first-order valence-corrected chi connectivity index (χ1v) is 5.47. The summed E-state index contributed by atoms with van der Waals surface area (Å²) in [4.78, 5) is 2.38. The molecule has 0 saturated carbocycles. The summed E-state index contributed by atoms with van der Waals surface area (Å²) in [6, 6.07) is 7.23. The van der Waals surface area contributed by atoms with Gasteiger partial charge in [0.2, 0.25) is 0 Å². The number of hydrogen-bond donors (Lipinski definition) is 0. The molecule has 2 aliphatic heterocycles. The molecule has 0 amide bonds. The van der Waals surface area contributed by atoms with Crippen molar-refractivity contribution in [1.29, 1.82) is 0 Å². The molecule has 2 nitrogen and oxygen atoms in total. The molecule has 0 aromatic heterocycles. The van der Waals surface area contributed by atoms with Crippen LogP contribution in [0.2, 0.25) is 0 Å². The number of fused-ring (bicyclic) bond motifs is 1. The van der Waals surface area contributed by atoms with Crippen molar-refractivity contribution in [3.8, 4) is 0 Å². The number of benzene rings is 1. The van der Waals surface area contributed by atoms with Crippen molar-refractivity contribution in [1.82, 2.24) is 4.81 Å². The third kappa shape index (κ3) is 1.58. The van der Waals surface area contributed by atoms with Gasteiger partial charge in [0, 0.05) is 12.6 Å². The summed E-state index contributed by atoms with van der Waals surface area (Å²) in [6.07, 6.45) is 2.49. The Balaban J connectivity index is 1.85. The molecule has 1 atom stereocenters. The van der Waals surface area contributed by atoms with Gasteiger partial charge in [-0.25, -0.2) is 4.39 Å². The standard InChI is InChI=1S/C11H13BFNO/c13-10-5-3-9(4-6-10)12-14-7-1-2-11(14)8-15-12/h3-6,11H,1-2,7-8H2/t11-/m0/s1. The molecule has 78 valence electrons. The monoisotopic (exact) mass is 205 g/mol. The third-order valence-corrected chi connectivity index (χ3v) is 3.33. The van der Waals surface area contributed by atoms with Crippen LogP contribution < -0.4 is 5.46 Å². The predicted molar refractivity (Wildman–Crippen MR) is 57.5 cm³/mol. The molecular formula is C11H13BFNO. The fraction of sp³-hybridized carbons (Fsp3) is 0.455. The molecule has 2 saturated heterocycles. The van der Waals surface area contributed by atoms with Gasteiger partial charge in [0.15, 0.2) is 0 Å². The molecule has 0 aliphatic carbocycles. The number of halogens is 1. The zero-order valence-corrected chi connectivity index (χ0v) is 8.53. The summed E-state index contributed by atoms with van der Waals surface area (Å²) in [5.74, 6) is -0.185. The summed E-state index contributed by atoms with van der Waals surface area (Å²) < 4.78 is 18.5. The first-order chi connectivity index (χ1) is 7.34. The number of nitrogens with zero attached hydrogens (tertiary/aromatic N) is 1. The lowest BCUT2D eigenvalue weighted by Gasteiger charge is -2.17. The SMILES string of the molecule is Fc1ccc(B2OC[C@@H]3CCCN23)cc1. The summed E-state index contributed by atoms with van der Waals surface area (Å²) in [7, 11) is 0.0538. The quantitative estimate of drug-likeness (QED) is 0.634. The smallest absolute Gasteiger partial charge is 0.416 e. The fourth-order valence-electron chi connectivity index (χ4n) is 2.56. The summed E-state index contributed by atoms with van der Waals surface area (Å²) in [5.41, 5.74) is 1.07. The van der Waals surface area contributed by atoms with Crippen LogP contribution in [-0.2, 0) is 4.65 Å². The van der Waals surface area contributed by atoms with Crippen molar-refractivity contribution in [2.45, 2.75) is 18.9 Å². The van der Waals surface area contributed by atoms with Gasteiger partial charge in [0.1, 0.15) is 5.82 Å². The lowest BCUT2D eigenvalue weighted by Crippen LogP contribution is -2.45. The molecule has 15 heavy (non-hydrogen) atoms. The minimum Gasteiger partial charge on any atom is -0.416 e. The second kappa shape index (κ2) is 3.61. The van der Waals surface area contributed by atoms with Crippen LogP contribution in [0.4, 0.5) is 4.39 Å². The zero-order valence-electron chi connectivity index (χ0n) is 8.53. The summed E-state index contributed by atoms with van der Waals surface area (Å²) in [6.45, 7) is 1.93. The second-order valence-corrected chi connectivity index (χ2v) is 4.27. The highest BCUT2D eigenvalue weighted by molar-refractivity contribution is 6.65. The first kappa shape index (κ1) is 9.37. The summed E-state index contributed by atoms with van der Waals surface area (Å²) in [5, 5.41) is 0. The number of rotatable bonds is 1. The van der Waals surface area contributed by atoms with E-state index in [4.69, 9.17) is 4.65 Å². The largest absolute Gasteiger partial charge is 0.418 e. The lowest BCUT2D eigenvalue weighted by molar-refractivity contribution is 0.334. The van der Waals surface area contributed by atoms with Crippen molar-refractivity contribution in [2.75, 3.05) is 13.2 Å². The Kier molecular flexibility index (Phi) is 2.26. The van der Waals surface area contributed by atoms with Crippen LogP contribution in [0.3, 0.4) is 0 Å². The molecule has 2 aliphatic rings. The maximum atomic E-state index is 12.8. The van der Waals surface area contributed by atoms with E-state index in [9.17, 15) is 4.39 Å².